The van der Waals surface area contributed by atoms with E-state index in [1.807, 2.05) is 0 Å². The van der Waals surface area contributed by atoms with Gasteiger partial charge in [-0.2, -0.15) is 0 Å². The highest BCUT2D eigenvalue weighted by molar-refractivity contribution is 5.80. The number of aromatic nitrogens is 3. The minimum Gasteiger partial charge on any atom is -0.354 e. The topological polar surface area (TPSA) is 58.3 Å². The summed E-state index contributed by atoms with van der Waals surface area (Å²) in [6.07, 6.45) is 8.88. The predicted octanol–water partition coefficient (Wildman–Crippen LogP) is 3.42. The van der Waals surface area contributed by atoms with Crippen LogP contribution in [0.25, 0.3) is 0 Å². The molecule has 152 valence electrons. The van der Waals surface area contributed by atoms with Gasteiger partial charge in [0.05, 0.1) is 6.54 Å². The fraction of sp³-hybridized carbons (Fsp3) is 0.591. The summed E-state index contributed by atoms with van der Waals surface area (Å²) in [5, 5.41) is 11.9. The van der Waals surface area contributed by atoms with E-state index in [4.69, 9.17) is 4.99 Å². The van der Waals surface area contributed by atoms with Gasteiger partial charge in [-0.05, 0) is 30.4 Å². The van der Waals surface area contributed by atoms with Crippen molar-refractivity contribution in [2.75, 3.05) is 13.6 Å². The Morgan fingerprint density at radius 3 is 2.54 bits per heavy atom. The van der Waals surface area contributed by atoms with E-state index in [1.165, 1.54) is 36.8 Å². The number of hydrogen-bond donors (Lipinski definition) is 1. The van der Waals surface area contributed by atoms with Gasteiger partial charge in [0.25, 0.3) is 0 Å². The van der Waals surface area contributed by atoms with Gasteiger partial charge in [0, 0.05) is 32.6 Å². The first-order valence-corrected chi connectivity index (χ1v) is 10.7. The van der Waals surface area contributed by atoms with E-state index in [0.717, 1.165) is 44.3 Å². The zero-order chi connectivity index (χ0) is 19.8. The van der Waals surface area contributed by atoms with Crippen molar-refractivity contribution in [1.82, 2.24) is 25.0 Å². The van der Waals surface area contributed by atoms with Crippen LogP contribution < -0.4 is 5.32 Å². The second-order valence-electron chi connectivity index (χ2n) is 7.65. The number of nitrogens with one attached hydrogen (secondary N) is 1. The monoisotopic (exact) mass is 382 g/mol. The number of nitrogens with zero attached hydrogens (tertiary/aromatic N) is 5. The van der Waals surface area contributed by atoms with Gasteiger partial charge in [-0.1, -0.05) is 51.0 Å². The number of hydrogen-bond acceptors (Lipinski definition) is 3. The number of benzene rings is 1. The van der Waals surface area contributed by atoms with Crippen molar-refractivity contribution in [3.05, 3.63) is 47.5 Å². The largest absolute Gasteiger partial charge is 0.354 e. The molecule has 1 aromatic heterocycles. The molecule has 1 fully saturated rings. The van der Waals surface area contributed by atoms with Crippen LogP contribution in [-0.4, -0.2) is 45.3 Å². The first kappa shape index (κ1) is 20.4. The average Bonchev–Trinajstić information content (AvgIpc) is 3.39. The van der Waals surface area contributed by atoms with Crippen molar-refractivity contribution in [2.24, 2.45) is 4.99 Å². The molecule has 2 aromatic rings. The second kappa shape index (κ2) is 10.2. The molecule has 28 heavy (non-hydrogen) atoms. The lowest BCUT2D eigenvalue weighted by Gasteiger charge is -2.25. The van der Waals surface area contributed by atoms with Crippen molar-refractivity contribution in [3.8, 4) is 0 Å². The minimum atomic E-state index is 0.546. The highest BCUT2D eigenvalue weighted by atomic mass is 15.3. The van der Waals surface area contributed by atoms with Crippen LogP contribution >= 0.6 is 0 Å². The fourth-order valence-corrected chi connectivity index (χ4v) is 3.76. The molecule has 0 atom stereocenters. The average molecular weight is 383 g/mol. The van der Waals surface area contributed by atoms with Crippen LogP contribution in [0, 0.1) is 0 Å². The summed E-state index contributed by atoms with van der Waals surface area (Å²) >= 11 is 0. The third kappa shape index (κ3) is 5.57. The molecule has 1 aliphatic rings. The van der Waals surface area contributed by atoms with Crippen LogP contribution in [0.1, 0.15) is 56.5 Å². The van der Waals surface area contributed by atoms with Crippen molar-refractivity contribution < 1.29 is 0 Å². The van der Waals surface area contributed by atoms with E-state index in [1.54, 1.807) is 6.33 Å². The molecule has 0 saturated heterocycles. The highest BCUT2D eigenvalue weighted by Crippen LogP contribution is 2.18. The normalized spacial score (nSPS) is 15.2. The lowest BCUT2D eigenvalue weighted by Crippen LogP contribution is -2.43. The standard InChI is InChI=1S/C22H34N6/c1-4-18-10-12-19(13-11-18)16-27(3)22(25-20-8-6-7-9-20)23-14-15-28-17-24-26-21(28)5-2/h10-13,17,20H,4-9,14-16H2,1-3H3,(H,23,25). The summed E-state index contributed by atoms with van der Waals surface area (Å²) in [4.78, 5) is 7.16. The summed E-state index contributed by atoms with van der Waals surface area (Å²) < 4.78 is 2.10. The third-order valence-corrected chi connectivity index (χ3v) is 5.52. The minimum absolute atomic E-state index is 0.546. The van der Waals surface area contributed by atoms with Crippen LogP contribution in [0.15, 0.2) is 35.6 Å². The Morgan fingerprint density at radius 1 is 1.14 bits per heavy atom. The maximum absolute atomic E-state index is 4.92. The predicted molar refractivity (Wildman–Crippen MR) is 114 cm³/mol. The van der Waals surface area contributed by atoms with Crippen LogP contribution in [0.3, 0.4) is 0 Å². The first-order valence-electron chi connectivity index (χ1n) is 10.7. The quantitative estimate of drug-likeness (QED) is 0.561. The van der Waals surface area contributed by atoms with Gasteiger partial charge < -0.3 is 14.8 Å². The molecule has 0 aliphatic heterocycles. The van der Waals surface area contributed by atoms with Gasteiger partial charge in [0.2, 0.25) is 0 Å². The van der Waals surface area contributed by atoms with E-state index in [2.05, 4.69) is 70.1 Å². The lowest BCUT2D eigenvalue weighted by molar-refractivity contribution is 0.456. The van der Waals surface area contributed by atoms with Crippen molar-refractivity contribution >= 4 is 5.96 Å². The molecule has 0 radical (unpaired) electrons. The molecule has 1 saturated carbocycles. The Kier molecular flexibility index (Phi) is 7.46. The fourth-order valence-electron chi connectivity index (χ4n) is 3.76. The van der Waals surface area contributed by atoms with Crippen LogP contribution in [0.4, 0.5) is 0 Å². The van der Waals surface area contributed by atoms with Gasteiger partial charge in [-0.25, -0.2) is 0 Å². The second-order valence-corrected chi connectivity index (χ2v) is 7.65. The van der Waals surface area contributed by atoms with Gasteiger partial charge in [-0.15, -0.1) is 10.2 Å². The number of rotatable bonds is 8. The Labute approximate surface area is 169 Å². The molecule has 1 N–H and O–H groups in total. The van der Waals surface area contributed by atoms with Gasteiger partial charge >= 0.3 is 0 Å². The van der Waals surface area contributed by atoms with Gasteiger partial charge in [0.15, 0.2) is 5.96 Å². The number of aliphatic imine (C=N–C) groups is 1. The zero-order valence-corrected chi connectivity index (χ0v) is 17.6. The van der Waals surface area contributed by atoms with E-state index >= 15 is 0 Å². The molecule has 0 spiro atoms. The van der Waals surface area contributed by atoms with Gasteiger partial charge in [-0.3, -0.25) is 4.99 Å². The van der Waals surface area contributed by atoms with Crippen molar-refractivity contribution in [1.29, 1.82) is 0 Å². The molecule has 1 aromatic carbocycles. The summed E-state index contributed by atoms with van der Waals surface area (Å²) in [5.41, 5.74) is 2.69. The number of aryl methyl sites for hydroxylation is 2. The summed E-state index contributed by atoms with van der Waals surface area (Å²) in [6, 6.07) is 9.45. The SMILES string of the molecule is CCc1ccc(CN(C)C(=NCCn2cnnc2CC)NC2CCCC2)cc1. The molecule has 3 rings (SSSR count). The molecule has 6 heteroatoms. The maximum Gasteiger partial charge on any atom is 0.194 e. The van der Waals surface area contributed by atoms with Crippen molar-refractivity contribution in [2.45, 2.75) is 71.5 Å². The summed E-state index contributed by atoms with van der Waals surface area (Å²) in [5.74, 6) is 2.02. The van der Waals surface area contributed by atoms with E-state index < -0.39 is 0 Å². The Balaban J connectivity index is 1.65. The smallest absolute Gasteiger partial charge is 0.194 e. The molecule has 1 heterocycles. The molecule has 0 amide bonds. The molecule has 0 unspecified atom stereocenters. The Morgan fingerprint density at radius 2 is 1.86 bits per heavy atom. The lowest BCUT2D eigenvalue weighted by atomic mass is 10.1. The third-order valence-electron chi connectivity index (χ3n) is 5.52. The maximum atomic E-state index is 4.92. The Hall–Kier alpha value is -2.37. The van der Waals surface area contributed by atoms with Crippen LogP contribution in [0.5, 0.6) is 0 Å². The van der Waals surface area contributed by atoms with Gasteiger partial charge in [0.1, 0.15) is 12.2 Å². The molecular weight excluding hydrogens is 348 g/mol. The molecule has 6 nitrogen and oxygen atoms in total. The Bertz CT molecular complexity index is 743. The van der Waals surface area contributed by atoms with Crippen LogP contribution in [-0.2, 0) is 25.9 Å². The summed E-state index contributed by atoms with van der Waals surface area (Å²) in [6.45, 7) is 6.69. The summed E-state index contributed by atoms with van der Waals surface area (Å²) in [7, 11) is 2.13. The van der Waals surface area contributed by atoms with E-state index in [-0.39, 0.29) is 0 Å². The molecular formula is C22H34N6. The first-order chi connectivity index (χ1) is 13.7. The van der Waals surface area contributed by atoms with Crippen molar-refractivity contribution in [3.63, 3.8) is 0 Å². The highest BCUT2D eigenvalue weighted by Gasteiger charge is 2.18. The van der Waals surface area contributed by atoms with E-state index in [0.29, 0.717) is 6.04 Å². The zero-order valence-electron chi connectivity index (χ0n) is 17.6. The number of guanidine groups is 1. The molecule has 0 bridgehead atoms. The van der Waals surface area contributed by atoms with Crippen LogP contribution in [0.2, 0.25) is 0 Å². The molecule has 1 aliphatic carbocycles. The van der Waals surface area contributed by atoms with E-state index in [9.17, 15) is 0 Å².